The highest BCUT2D eigenvalue weighted by atomic mass is 32.1. The predicted molar refractivity (Wildman–Crippen MR) is 103 cm³/mol. The number of allylic oxidation sites excluding steroid dienone is 6. The molecular formula is C20H27NOS. The fourth-order valence-corrected chi connectivity index (χ4v) is 3.21. The highest BCUT2D eigenvalue weighted by molar-refractivity contribution is 7.12. The second kappa shape index (κ2) is 9.31. The van der Waals surface area contributed by atoms with Crippen molar-refractivity contribution in [1.82, 2.24) is 5.32 Å². The SMILES string of the molecule is CCNC(=O)/C=C(C)/C=C/C=C(C)/C=C/c1c(C)sc(C)c1C. The molecule has 1 amide bonds. The van der Waals surface area contributed by atoms with Gasteiger partial charge < -0.3 is 5.32 Å². The fourth-order valence-electron chi connectivity index (χ4n) is 2.16. The second-order valence-corrected chi connectivity index (χ2v) is 7.07. The van der Waals surface area contributed by atoms with Crippen molar-refractivity contribution in [3.63, 3.8) is 0 Å². The lowest BCUT2D eigenvalue weighted by Gasteiger charge is -1.96. The molecule has 124 valence electrons. The van der Waals surface area contributed by atoms with E-state index in [0.29, 0.717) is 6.54 Å². The molecular weight excluding hydrogens is 302 g/mol. The van der Waals surface area contributed by atoms with Crippen molar-refractivity contribution in [3.8, 4) is 0 Å². The third-order valence-corrected chi connectivity index (χ3v) is 4.70. The Labute approximate surface area is 144 Å². The van der Waals surface area contributed by atoms with Crippen LogP contribution < -0.4 is 5.32 Å². The summed E-state index contributed by atoms with van der Waals surface area (Å²) in [5.74, 6) is -0.0472. The summed E-state index contributed by atoms with van der Waals surface area (Å²) in [4.78, 5) is 14.2. The highest BCUT2D eigenvalue weighted by Crippen LogP contribution is 2.27. The third kappa shape index (κ3) is 6.41. The first-order valence-electron chi connectivity index (χ1n) is 7.91. The van der Waals surface area contributed by atoms with Gasteiger partial charge in [-0.15, -0.1) is 11.3 Å². The molecule has 23 heavy (non-hydrogen) atoms. The minimum atomic E-state index is -0.0472. The van der Waals surface area contributed by atoms with Crippen molar-refractivity contribution in [2.45, 2.75) is 41.5 Å². The van der Waals surface area contributed by atoms with Gasteiger partial charge in [-0.2, -0.15) is 0 Å². The van der Waals surface area contributed by atoms with Gasteiger partial charge in [0.05, 0.1) is 0 Å². The van der Waals surface area contributed by atoms with Gasteiger partial charge >= 0.3 is 0 Å². The number of aryl methyl sites for hydroxylation is 2. The Morgan fingerprint density at radius 1 is 1.09 bits per heavy atom. The molecule has 0 unspecified atom stereocenters. The average molecular weight is 330 g/mol. The predicted octanol–water partition coefficient (Wildman–Crippen LogP) is 5.27. The van der Waals surface area contributed by atoms with E-state index in [4.69, 9.17) is 0 Å². The van der Waals surface area contributed by atoms with E-state index in [2.05, 4.69) is 51.2 Å². The molecule has 0 fully saturated rings. The largest absolute Gasteiger partial charge is 0.353 e. The maximum absolute atomic E-state index is 11.4. The summed E-state index contributed by atoms with van der Waals surface area (Å²) < 4.78 is 0. The average Bonchev–Trinajstić information content (AvgIpc) is 2.70. The van der Waals surface area contributed by atoms with Crippen LogP contribution in [0.4, 0.5) is 0 Å². The number of hydrogen-bond donors (Lipinski definition) is 1. The van der Waals surface area contributed by atoms with Gasteiger partial charge in [0.2, 0.25) is 5.91 Å². The van der Waals surface area contributed by atoms with Crippen LogP contribution in [0.15, 0.2) is 41.5 Å². The molecule has 0 aliphatic heterocycles. The molecule has 0 aliphatic carbocycles. The Kier molecular flexibility index (Phi) is 7.76. The van der Waals surface area contributed by atoms with E-state index in [1.807, 2.05) is 37.3 Å². The van der Waals surface area contributed by atoms with Crippen LogP contribution >= 0.6 is 11.3 Å². The number of carbonyl (C=O) groups excluding carboxylic acids is 1. The smallest absolute Gasteiger partial charge is 0.244 e. The van der Waals surface area contributed by atoms with Gasteiger partial charge in [-0.25, -0.2) is 0 Å². The van der Waals surface area contributed by atoms with Gasteiger partial charge in [0, 0.05) is 22.4 Å². The lowest BCUT2D eigenvalue weighted by molar-refractivity contribution is -0.116. The first kappa shape index (κ1) is 19.2. The molecule has 1 rings (SSSR count). The van der Waals surface area contributed by atoms with Gasteiger partial charge in [0.1, 0.15) is 0 Å². The van der Waals surface area contributed by atoms with Crippen LogP contribution in [0.3, 0.4) is 0 Å². The maximum Gasteiger partial charge on any atom is 0.244 e. The van der Waals surface area contributed by atoms with Gasteiger partial charge in [-0.1, -0.05) is 36.0 Å². The molecule has 0 aromatic carbocycles. The molecule has 1 N–H and O–H groups in total. The summed E-state index contributed by atoms with van der Waals surface area (Å²) in [6.45, 7) is 13.1. The van der Waals surface area contributed by atoms with E-state index in [-0.39, 0.29) is 5.91 Å². The number of amides is 1. The highest BCUT2D eigenvalue weighted by Gasteiger charge is 2.05. The van der Waals surface area contributed by atoms with Crippen LogP contribution in [-0.4, -0.2) is 12.5 Å². The zero-order chi connectivity index (χ0) is 17.4. The van der Waals surface area contributed by atoms with E-state index in [9.17, 15) is 4.79 Å². The van der Waals surface area contributed by atoms with E-state index in [0.717, 1.165) is 5.57 Å². The molecule has 3 heteroatoms. The molecule has 1 aromatic rings. The summed E-state index contributed by atoms with van der Waals surface area (Å²) in [6.07, 6.45) is 11.9. The minimum absolute atomic E-state index is 0.0472. The molecule has 0 aliphatic rings. The van der Waals surface area contributed by atoms with Crippen LogP contribution in [0.2, 0.25) is 0 Å². The first-order valence-corrected chi connectivity index (χ1v) is 8.72. The van der Waals surface area contributed by atoms with Crippen LogP contribution in [0.1, 0.15) is 41.7 Å². The maximum atomic E-state index is 11.4. The molecule has 0 radical (unpaired) electrons. The van der Waals surface area contributed by atoms with Crippen molar-refractivity contribution in [1.29, 1.82) is 0 Å². The quantitative estimate of drug-likeness (QED) is 0.559. The second-order valence-electron chi connectivity index (χ2n) is 5.64. The van der Waals surface area contributed by atoms with Crippen molar-refractivity contribution in [3.05, 3.63) is 62.4 Å². The van der Waals surface area contributed by atoms with Gasteiger partial charge in [-0.3, -0.25) is 4.79 Å². The first-order chi connectivity index (χ1) is 10.8. The van der Waals surface area contributed by atoms with E-state index in [1.54, 1.807) is 6.08 Å². The third-order valence-electron chi connectivity index (χ3n) is 3.56. The summed E-state index contributed by atoms with van der Waals surface area (Å²) >= 11 is 1.85. The standard InChI is InChI=1S/C20H27NOS/c1-7-21-20(22)13-15(3)10-8-9-14(2)11-12-19-16(4)17(5)23-18(19)6/h8-13H,7H2,1-6H3,(H,21,22)/b10-8+,12-11+,14-9+,15-13+. The normalized spacial score (nSPS) is 13.3. The number of likely N-dealkylation sites (N-methyl/N-ethyl adjacent to an activating group) is 1. The van der Waals surface area contributed by atoms with E-state index >= 15 is 0 Å². The number of hydrogen-bond acceptors (Lipinski definition) is 2. The minimum Gasteiger partial charge on any atom is -0.353 e. The van der Waals surface area contributed by atoms with Gasteiger partial charge in [0.15, 0.2) is 0 Å². The topological polar surface area (TPSA) is 29.1 Å². The number of nitrogens with one attached hydrogen (secondary N) is 1. The Hall–Kier alpha value is -1.87. The van der Waals surface area contributed by atoms with Crippen LogP contribution in [0.25, 0.3) is 6.08 Å². The number of thiophene rings is 1. The lowest BCUT2D eigenvalue weighted by atomic mass is 10.1. The van der Waals surface area contributed by atoms with Crippen LogP contribution in [-0.2, 0) is 4.79 Å². The molecule has 1 aromatic heterocycles. The van der Waals surface area contributed by atoms with Crippen molar-refractivity contribution >= 4 is 23.3 Å². The molecule has 2 nitrogen and oxygen atoms in total. The summed E-state index contributed by atoms with van der Waals surface area (Å²) in [7, 11) is 0. The van der Waals surface area contributed by atoms with Gasteiger partial charge in [0.25, 0.3) is 0 Å². The molecule has 0 saturated carbocycles. The molecule has 0 atom stereocenters. The van der Waals surface area contributed by atoms with Crippen LogP contribution in [0, 0.1) is 20.8 Å². The van der Waals surface area contributed by atoms with Crippen molar-refractivity contribution < 1.29 is 4.79 Å². The molecule has 1 heterocycles. The van der Waals surface area contributed by atoms with Crippen molar-refractivity contribution in [2.75, 3.05) is 6.54 Å². The molecule has 0 saturated heterocycles. The van der Waals surface area contributed by atoms with Crippen LogP contribution in [0.5, 0.6) is 0 Å². The molecule has 0 spiro atoms. The summed E-state index contributed by atoms with van der Waals surface area (Å²) in [5, 5.41) is 2.75. The Morgan fingerprint density at radius 2 is 1.78 bits per heavy atom. The van der Waals surface area contributed by atoms with E-state index < -0.39 is 0 Å². The Bertz CT molecular complexity index is 672. The van der Waals surface area contributed by atoms with E-state index in [1.165, 1.54) is 26.5 Å². The zero-order valence-corrected chi connectivity index (χ0v) is 15.8. The number of rotatable bonds is 6. The summed E-state index contributed by atoms with van der Waals surface area (Å²) in [6, 6.07) is 0. The Morgan fingerprint density at radius 3 is 2.35 bits per heavy atom. The Balaban J connectivity index is 2.72. The van der Waals surface area contributed by atoms with Crippen molar-refractivity contribution in [2.24, 2.45) is 0 Å². The lowest BCUT2D eigenvalue weighted by Crippen LogP contribution is -2.20. The molecule has 0 bridgehead atoms. The fraction of sp³-hybridized carbons (Fsp3) is 0.350. The zero-order valence-electron chi connectivity index (χ0n) is 15.0. The summed E-state index contributed by atoms with van der Waals surface area (Å²) in [5.41, 5.74) is 4.81. The monoisotopic (exact) mass is 329 g/mol. The number of carbonyl (C=O) groups is 1. The van der Waals surface area contributed by atoms with Gasteiger partial charge in [-0.05, 0) is 58.2 Å².